The molecule has 8 aromatic carbocycles. The van der Waals surface area contributed by atoms with E-state index in [0.717, 1.165) is 16.6 Å². The molecular formula is C49H29NO. The van der Waals surface area contributed by atoms with Gasteiger partial charge in [-0.25, -0.2) is 0 Å². The van der Waals surface area contributed by atoms with Crippen molar-refractivity contribution >= 4 is 43.7 Å². The van der Waals surface area contributed by atoms with E-state index in [1.165, 1.54) is 88.5 Å². The van der Waals surface area contributed by atoms with E-state index in [9.17, 15) is 0 Å². The highest BCUT2D eigenvalue weighted by atomic mass is 16.3. The van der Waals surface area contributed by atoms with Crippen LogP contribution in [-0.2, 0) is 5.41 Å². The fraction of sp³-hybridized carbons (Fsp3) is 0.0204. The Morgan fingerprint density at radius 1 is 0.373 bits per heavy atom. The van der Waals surface area contributed by atoms with Gasteiger partial charge in [0.05, 0.1) is 16.4 Å². The fourth-order valence-electron chi connectivity index (χ4n) is 9.65. The van der Waals surface area contributed by atoms with Crippen molar-refractivity contribution in [1.29, 1.82) is 0 Å². The first-order chi connectivity index (χ1) is 25.3. The molecular weight excluding hydrogens is 619 g/mol. The second kappa shape index (κ2) is 9.74. The molecule has 2 aromatic heterocycles. The third-order valence-electron chi connectivity index (χ3n) is 11.6. The van der Waals surface area contributed by atoms with Crippen molar-refractivity contribution in [2.75, 3.05) is 0 Å². The maximum atomic E-state index is 6.35. The molecule has 2 heterocycles. The van der Waals surface area contributed by atoms with Crippen molar-refractivity contribution in [3.63, 3.8) is 0 Å². The first-order valence-corrected chi connectivity index (χ1v) is 17.7. The van der Waals surface area contributed by atoms with Crippen molar-refractivity contribution in [2.24, 2.45) is 0 Å². The Balaban J connectivity index is 1.18. The summed E-state index contributed by atoms with van der Waals surface area (Å²) in [7, 11) is 0. The van der Waals surface area contributed by atoms with Crippen LogP contribution < -0.4 is 0 Å². The summed E-state index contributed by atoms with van der Waals surface area (Å²) in [5.41, 5.74) is 17.9. The minimum Gasteiger partial charge on any atom is -0.456 e. The summed E-state index contributed by atoms with van der Waals surface area (Å²) in [4.78, 5) is 0. The largest absolute Gasteiger partial charge is 0.456 e. The van der Waals surface area contributed by atoms with Gasteiger partial charge in [-0.3, -0.25) is 0 Å². The number of fused-ring (bicyclic) bond motifs is 16. The molecule has 0 saturated carbocycles. The van der Waals surface area contributed by atoms with Crippen LogP contribution in [0.15, 0.2) is 180 Å². The minimum atomic E-state index is -0.477. The van der Waals surface area contributed by atoms with Gasteiger partial charge in [0, 0.05) is 27.2 Å². The van der Waals surface area contributed by atoms with Gasteiger partial charge in [0.15, 0.2) is 0 Å². The molecule has 10 aromatic rings. The Kier molecular flexibility index (Phi) is 5.20. The lowest BCUT2D eigenvalue weighted by Gasteiger charge is -2.31. The number of benzene rings is 8. The summed E-state index contributed by atoms with van der Waals surface area (Å²) >= 11 is 0. The molecule has 0 bridgehead atoms. The van der Waals surface area contributed by atoms with Crippen LogP contribution in [0.3, 0.4) is 0 Å². The van der Waals surface area contributed by atoms with Crippen molar-refractivity contribution in [3.05, 3.63) is 198 Å². The number of aromatic nitrogens is 1. The highest BCUT2D eigenvalue weighted by Gasteiger charge is 2.51. The first-order valence-electron chi connectivity index (χ1n) is 17.7. The monoisotopic (exact) mass is 647 g/mol. The van der Waals surface area contributed by atoms with E-state index in [2.05, 4.69) is 174 Å². The van der Waals surface area contributed by atoms with Crippen LogP contribution >= 0.6 is 0 Å². The summed E-state index contributed by atoms with van der Waals surface area (Å²) < 4.78 is 8.80. The van der Waals surface area contributed by atoms with E-state index in [-0.39, 0.29) is 0 Å². The van der Waals surface area contributed by atoms with Crippen LogP contribution in [0.25, 0.3) is 82.8 Å². The molecule has 2 heteroatoms. The predicted octanol–water partition coefficient (Wildman–Crippen LogP) is 12.7. The maximum absolute atomic E-state index is 6.35. The predicted molar refractivity (Wildman–Crippen MR) is 210 cm³/mol. The average Bonchev–Trinajstić information content (AvgIpc) is 3.91. The Morgan fingerprint density at radius 2 is 0.902 bits per heavy atom. The lowest BCUT2D eigenvalue weighted by molar-refractivity contribution is 0.669. The molecule has 0 radical (unpaired) electrons. The zero-order valence-electron chi connectivity index (χ0n) is 27.6. The van der Waals surface area contributed by atoms with Crippen LogP contribution in [0, 0.1) is 0 Å². The van der Waals surface area contributed by atoms with E-state index in [1.807, 2.05) is 6.07 Å². The van der Waals surface area contributed by atoms with Crippen LogP contribution in [0.4, 0.5) is 0 Å². The topological polar surface area (TPSA) is 18.1 Å². The average molecular weight is 648 g/mol. The molecule has 0 N–H and O–H groups in total. The fourth-order valence-corrected chi connectivity index (χ4v) is 9.65. The van der Waals surface area contributed by atoms with Gasteiger partial charge in [-0.2, -0.15) is 0 Å². The maximum Gasteiger partial charge on any atom is 0.136 e. The van der Waals surface area contributed by atoms with Crippen LogP contribution in [-0.4, -0.2) is 4.57 Å². The van der Waals surface area contributed by atoms with Gasteiger partial charge in [0.1, 0.15) is 11.2 Å². The number of para-hydroxylation sites is 3. The molecule has 0 atom stereocenters. The quantitative estimate of drug-likeness (QED) is 0.183. The smallest absolute Gasteiger partial charge is 0.136 e. The molecule has 1 spiro atoms. The van der Waals surface area contributed by atoms with Crippen LogP contribution in [0.1, 0.15) is 22.3 Å². The van der Waals surface area contributed by atoms with Gasteiger partial charge in [-0.1, -0.05) is 133 Å². The van der Waals surface area contributed by atoms with Gasteiger partial charge in [0.25, 0.3) is 0 Å². The third-order valence-corrected chi connectivity index (χ3v) is 11.6. The third kappa shape index (κ3) is 3.37. The number of nitrogens with zero attached hydrogens (tertiary/aromatic N) is 1. The Bertz CT molecular complexity index is 3000. The molecule has 0 unspecified atom stereocenters. The molecule has 0 fully saturated rings. The zero-order valence-corrected chi connectivity index (χ0v) is 27.6. The molecule has 2 aliphatic rings. The van der Waals surface area contributed by atoms with Crippen molar-refractivity contribution in [1.82, 2.24) is 4.57 Å². The summed E-state index contributed by atoms with van der Waals surface area (Å²) in [6, 6.07) is 64.9. The molecule has 0 amide bonds. The summed E-state index contributed by atoms with van der Waals surface area (Å²) in [6.07, 6.45) is 0. The van der Waals surface area contributed by atoms with Crippen molar-refractivity contribution < 1.29 is 4.42 Å². The molecule has 236 valence electrons. The normalized spacial score (nSPS) is 13.6. The second-order valence-electron chi connectivity index (χ2n) is 14.0. The number of furan rings is 1. The molecule has 51 heavy (non-hydrogen) atoms. The van der Waals surface area contributed by atoms with E-state index < -0.39 is 5.41 Å². The van der Waals surface area contributed by atoms with Gasteiger partial charge < -0.3 is 8.98 Å². The standard InChI is InChI=1S/C49H29NO/c1-6-18-40-33(12-1)34-13-2-7-19-41(34)49(40)42-28-30(32-17-11-23-47-48(32)39-16-5-10-22-46(39)51-47)24-26-35(42)36-27-25-31(29-43(36)49)50-44-20-8-3-14-37(44)38-15-4-9-21-45(38)50/h1-29H. The van der Waals surface area contributed by atoms with E-state index >= 15 is 0 Å². The van der Waals surface area contributed by atoms with Crippen LogP contribution in [0.2, 0.25) is 0 Å². The Labute approximate surface area is 294 Å². The van der Waals surface area contributed by atoms with E-state index in [1.54, 1.807) is 0 Å². The molecule has 0 saturated heterocycles. The molecule has 0 aliphatic heterocycles. The van der Waals surface area contributed by atoms with Crippen molar-refractivity contribution in [2.45, 2.75) is 5.41 Å². The minimum absolute atomic E-state index is 0.477. The van der Waals surface area contributed by atoms with Gasteiger partial charge >= 0.3 is 0 Å². The first kappa shape index (κ1) is 27.2. The SMILES string of the molecule is c1ccc2c(c1)-c1ccccc1C21c2cc(-c3cccc4oc5ccccc5c34)ccc2-c2ccc(-n3c4ccccc4c4ccccc43)cc21. The Morgan fingerprint density at radius 3 is 1.63 bits per heavy atom. The summed E-state index contributed by atoms with van der Waals surface area (Å²) in [5, 5.41) is 4.86. The summed E-state index contributed by atoms with van der Waals surface area (Å²) in [5.74, 6) is 0. The number of rotatable bonds is 2. The Hall–Kier alpha value is -6.64. The van der Waals surface area contributed by atoms with Crippen LogP contribution in [0.5, 0.6) is 0 Å². The second-order valence-corrected chi connectivity index (χ2v) is 14.0. The molecule has 12 rings (SSSR count). The van der Waals surface area contributed by atoms with Gasteiger partial charge in [0.2, 0.25) is 0 Å². The summed E-state index contributed by atoms with van der Waals surface area (Å²) in [6.45, 7) is 0. The van der Waals surface area contributed by atoms with E-state index in [0.29, 0.717) is 0 Å². The van der Waals surface area contributed by atoms with Gasteiger partial charge in [-0.15, -0.1) is 0 Å². The molecule has 2 nitrogen and oxygen atoms in total. The van der Waals surface area contributed by atoms with Gasteiger partial charge in [-0.05, 0) is 98.1 Å². The lowest BCUT2D eigenvalue weighted by atomic mass is 9.70. The lowest BCUT2D eigenvalue weighted by Crippen LogP contribution is -2.26. The number of hydrogen-bond donors (Lipinski definition) is 0. The number of hydrogen-bond acceptors (Lipinski definition) is 1. The van der Waals surface area contributed by atoms with E-state index in [4.69, 9.17) is 4.42 Å². The highest BCUT2D eigenvalue weighted by molar-refractivity contribution is 6.13. The zero-order chi connectivity index (χ0) is 33.3. The highest BCUT2D eigenvalue weighted by Crippen LogP contribution is 2.63. The molecule has 2 aliphatic carbocycles. The van der Waals surface area contributed by atoms with Crippen molar-refractivity contribution in [3.8, 4) is 39.1 Å².